The summed E-state index contributed by atoms with van der Waals surface area (Å²) in [6, 6.07) is 9.36. The van der Waals surface area contributed by atoms with Crippen molar-refractivity contribution < 1.29 is 19.1 Å². The van der Waals surface area contributed by atoms with E-state index < -0.39 is 11.6 Å². The van der Waals surface area contributed by atoms with Crippen molar-refractivity contribution in [1.82, 2.24) is 29.2 Å². The molecule has 1 saturated heterocycles. The molecule has 1 aliphatic rings. The third kappa shape index (κ3) is 4.96. The van der Waals surface area contributed by atoms with Gasteiger partial charge in [-0.25, -0.2) is 14.8 Å². The molecule has 3 aromatic heterocycles. The topological polar surface area (TPSA) is 103 Å². The number of aromatic nitrogens is 4. The number of alkyl carbamates (subject to hydrolysis) is 1. The quantitative estimate of drug-likeness (QED) is 0.450. The second-order valence-electron chi connectivity index (χ2n) is 10.4. The Morgan fingerprint density at radius 1 is 1.16 bits per heavy atom. The lowest BCUT2D eigenvalue weighted by Crippen LogP contribution is -2.47. The lowest BCUT2D eigenvalue weighted by atomic mass is 10.1. The fourth-order valence-corrected chi connectivity index (χ4v) is 4.75. The second-order valence-corrected chi connectivity index (χ2v) is 10.4. The van der Waals surface area contributed by atoms with Gasteiger partial charge < -0.3 is 28.7 Å². The summed E-state index contributed by atoms with van der Waals surface area (Å²) in [7, 11) is 3.49. The van der Waals surface area contributed by atoms with E-state index in [9.17, 15) is 9.59 Å². The fourth-order valence-electron chi connectivity index (χ4n) is 4.75. The van der Waals surface area contributed by atoms with E-state index in [0.29, 0.717) is 42.2 Å². The minimum Gasteiger partial charge on any atom is -0.494 e. The molecular weight excluding hydrogens is 472 g/mol. The van der Waals surface area contributed by atoms with Crippen LogP contribution < -0.4 is 10.1 Å². The molecule has 37 heavy (non-hydrogen) atoms. The molecule has 1 N–H and O–H groups in total. The number of nitrogens with zero attached hydrogens (tertiary/aromatic N) is 5. The second kappa shape index (κ2) is 9.42. The number of hydrogen-bond donors (Lipinski definition) is 1. The first-order chi connectivity index (χ1) is 17.6. The van der Waals surface area contributed by atoms with Gasteiger partial charge in [-0.1, -0.05) is 6.07 Å². The highest BCUT2D eigenvalue weighted by molar-refractivity contribution is 6.00. The third-order valence-electron chi connectivity index (χ3n) is 6.41. The number of nitrogens with one attached hydrogen (secondary N) is 1. The van der Waals surface area contributed by atoms with Crippen LogP contribution >= 0.6 is 0 Å². The first kappa shape index (κ1) is 24.6. The Labute approximate surface area is 215 Å². The lowest BCUT2D eigenvalue weighted by Gasteiger charge is -2.33. The standard InChI is InChI=1S/C27H32N6O4/c1-27(2,3)30-26(35)37-18-9-8-12-33(15-18)25(34)17-13-19-23(21(14-17)36-5)31(4)24(29-19)20-16-32-11-7-6-10-22(32)28-20/h6-7,10-11,13-14,16,18H,8-9,12,15H2,1-5H3,(H,30,35)/t18-/m1/s1. The average molecular weight is 505 g/mol. The number of imidazole rings is 2. The highest BCUT2D eigenvalue weighted by Crippen LogP contribution is 2.32. The monoisotopic (exact) mass is 504 g/mol. The summed E-state index contributed by atoms with van der Waals surface area (Å²) in [5, 5.41) is 2.81. The molecule has 1 aliphatic heterocycles. The molecule has 0 spiro atoms. The Hall–Kier alpha value is -4.08. The maximum atomic E-state index is 13.5. The largest absolute Gasteiger partial charge is 0.494 e. The van der Waals surface area contributed by atoms with Crippen LogP contribution in [0.3, 0.4) is 0 Å². The van der Waals surface area contributed by atoms with Crippen molar-refractivity contribution in [2.45, 2.75) is 45.3 Å². The minimum absolute atomic E-state index is 0.148. The van der Waals surface area contributed by atoms with E-state index in [4.69, 9.17) is 19.4 Å². The van der Waals surface area contributed by atoms with Crippen LogP contribution in [-0.2, 0) is 11.8 Å². The molecular formula is C27H32N6O4. The van der Waals surface area contributed by atoms with Crippen LogP contribution in [-0.4, -0.2) is 67.7 Å². The van der Waals surface area contributed by atoms with Crippen LogP contribution in [0, 0.1) is 0 Å². The van der Waals surface area contributed by atoms with Gasteiger partial charge in [-0.05, 0) is 57.9 Å². The molecule has 0 aliphatic carbocycles. The van der Waals surface area contributed by atoms with Crippen LogP contribution in [0.25, 0.3) is 28.2 Å². The Kier molecular flexibility index (Phi) is 6.26. The van der Waals surface area contributed by atoms with Gasteiger partial charge in [0.2, 0.25) is 0 Å². The number of amides is 2. The van der Waals surface area contributed by atoms with E-state index >= 15 is 0 Å². The van der Waals surface area contributed by atoms with Gasteiger partial charge >= 0.3 is 6.09 Å². The number of carbonyl (C=O) groups excluding carboxylic acids is 2. The number of rotatable bonds is 4. The zero-order valence-electron chi connectivity index (χ0n) is 21.8. The van der Waals surface area contributed by atoms with Gasteiger partial charge in [0.15, 0.2) is 5.82 Å². The van der Waals surface area contributed by atoms with E-state index in [0.717, 1.165) is 23.3 Å². The molecule has 2 amide bonds. The van der Waals surface area contributed by atoms with E-state index in [1.54, 1.807) is 24.1 Å². The summed E-state index contributed by atoms with van der Waals surface area (Å²) >= 11 is 0. The van der Waals surface area contributed by atoms with Crippen molar-refractivity contribution in [3.05, 3.63) is 48.3 Å². The summed E-state index contributed by atoms with van der Waals surface area (Å²) in [5.41, 5.74) is 3.06. The Morgan fingerprint density at radius 2 is 1.97 bits per heavy atom. The molecule has 4 aromatic rings. The molecule has 10 nitrogen and oxygen atoms in total. The van der Waals surface area contributed by atoms with Crippen LogP contribution in [0.4, 0.5) is 4.79 Å². The summed E-state index contributed by atoms with van der Waals surface area (Å²) < 4.78 is 15.2. The van der Waals surface area contributed by atoms with E-state index in [1.165, 1.54) is 0 Å². The van der Waals surface area contributed by atoms with E-state index in [-0.39, 0.29) is 12.0 Å². The van der Waals surface area contributed by atoms with Crippen LogP contribution in [0.2, 0.25) is 0 Å². The number of fused-ring (bicyclic) bond motifs is 2. The first-order valence-corrected chi connectivity index (χ1v) is 12.4. The minimum atomic E-state index is -0.470. The number of ether oxygens (including phenoxy) is 2. The number of benzene rings is 1. The molecule has 0 bridgehead atoms. The average Bonchev–Trinajstić information content (AvgIpc) is 3.43. The molecule has 1 fully saturated rings. The molecule has 1 atom stereocenters. The van der Waals surface area contributed by atoms with Crippen LogP contribution in [0.5, 0.6) is 5.75 Å². The predicted octanol–water partition coefficient (Wildman–Crippen LogP) is 4.03. The normalized spacial score (nSPS) is 16.2. The summed E-state index contributed by atoms with van der Waals surface area (Å²) in [4.78, 5) is 37.0. The van der Waals surface area contributed by atoms with Crippen molar-refractivity contribution in [2.24, 2.45) is 7.05 Å². The van der Waals surface area contributed by atoms with Gasteiger partial charge in [0.25, 0.3) is 5.91 Å². The molecule has 194 valence electrons. The van der Waals surface area contributed by atoms with Gasteiger partial charge in [0.1, 0.15) is 28.7 Å². The molecule has 5 rings (SSSR count). The number of aryl methyl sites for hydroxylation is 1. The van der Waals surface area contributed by atoms with Crippen molar-refractivity contribution in [1.29, 1.82) is 0 Å². The van der Waals surface area contributed by atoms with Gasteiger partial charge in [-0.15, -0.1) is 0 Å². The number of methoxy groups -OCH3 is 1. The Morgan fingerprint density at radius 3 is 2.70 bits per heavy atom. The zero-order valence-corrected chi connectivity index (χ0v) is 21.8. The number of piperidine rings is 1. The van der Waals surface area contributed by atoms with Gasteiger partial charge in [0.05, 0.1) is 19.2 Å². The van der Waals surface area contributed by atoms with Crippen LogP contribution in [0.1, 0.15) is 44.0 Å². The predicted molar refractivity (Wildman–Crippen MR) is 140 cm³/mol. The molecule has 0 saturated carbocycles. The smallest absolute Gasteiger partial charge is 0.407 e. The number of pyridine rings is 1. The van der Waals surface area contributed by atoms with E-state index in [2.05, 4.69) is 5.32 Å². The maximum Gasteiger partial charge on any atom is 0.407 e. The molecule has 0 unspecified atom stereocenters. The summed E-state index contributed by atoms with van der Waals surface area (Å²) in [5.74, 6) is 1.09. The SMILES string of the molecule is COc1cc(C(=O)N2CCC[C@@H](OC(=O)NC(C)(C)C)C2)cc2nc(-c3cn4ccccc4n3)n(C)c12. The van der Waals surface area contributed by atoms with Gasteiger partial charge in [0, 0.05) is 37.1 Å². The van der Waals surface area contributed by atoms with Crippen molar-refractivity contribution in [3.8, 4) is 17.3 Å². The highest BCUT2D eigenvalue weighted by Gasteiger charge is 2.29. The highest BCUT2D eigenvalue weighted by atomic mass is 16.6. The molecule has 4 heterocycles. The lowest BCUT2D eigenvalue weighted by molar-refractivity contribution is 0.0322. The van der Waals surface area contributed by atoms with Crippen molar-refractivity contribution in [3.63, 3.8) is 0 Å². The molecule has 10 heteroatoms. The first-order valence-electron chi connectivity index (χ1n) is 12.4. The number of likely N-dealkylation sites (tertiary alicyclic amines) is 1. The van der Waals surface area contributed by atoms with Gasteiger partial charge in [-0.2, -0.15) is 0 Å². The Bertz CT molecular complexity index is 1450. The molecule has 0 radical (unpaired) electrons. The fraction of sp³-hybridized carbons (Fsp3) is 0.407. The van der Waals surface area contributed by atoms with Crippen LogP contribution in [0.15, 0.2) is 42.7 Å². The van der Waals surface area contributed by atoms with E-state index in [1.807, 2.05) is 67.4 Å². The van der Waals surface area contributed by atoms with Crippen molar-refractivity contribution >= 4 is 28.7 Å². The summed E-state index contributed by atoms with van der Waals surface area (Å²) in [6.45, 7) is 6.62. The third-order valence-corrected chi connectivity index (χ3v) is 6.41. The van der Waals surface area contributed by atoms with Gasteiger partial charge in [-0.3, -0.25) is 4.79 Å². The Balaban J connectivity index is 1.42. The van der Waals surface area contributed by atoms with Crippen molar-refractivity contribution in [2.75, 3.05) is 20.2 Å². The summed E-state index contributed by atoms with van der Waals surface area (Å²) in [6.07, 6.45) is 4.50. The zero-order chi connectivity index (χ0) is 26.3. The number of hydrogen-bond acceptors (Lipinski definition) is 6. The molecule has 1 aromatic carbocycles. The number of carbonyl (C=O) groups is 2. The maximum absolute atomic E-state index is 13.5.